The van der Waals surface area contributed by atoms with Gasteiger partial charge in [0.2, 0.25) is 0 Å². The van der Waals surface area contributed by atoms with Gasteiger partial charge in [-0.05, 0) is 31.5 Å². The molecule has 0 bridgehead atoms. The minimum absolute atomic E-state index is 0.168. The lowest BCUT2D eigenvalue weighted by Crippen LogP contribution is -2.17. The molecule has 1 unspecified atom stereocenters. The zero-order chi connectivity index (χ0) is 16.3. The zero-order valence-corrected chi connectivity index (χ0v) is 12.1. The number of hydrogen-bond acceptors (Lipinski definition) is 5. The molecule has 0 radical (unpaired) electrons. The van der Waals surface area contributed by atoms with E-state index in [1.54, 1.807) is 13.8 Å². The highest BCUT2D eigenvalue weighted by Gasteiger charge is 2.19. The first-order valence-electron chi connectivity index (χ1n) is 6.55. The first kappa shape index (κ1) is 15.8. The summed E-state index contributed by atoms with van der Waals surface area (Å²) in [6, 6.07) is 5.35. The molecule has 7 heteroatoms. The van der Waals surface area contributed by atoms with Crippen molar-refractivity contribution >= 4 is 5.82 Å². The molecule has 0 aliphatic carbocycles. The van der Waals surface area contributed by atoms with Crippen LogP contribution >= 0.6 is 0 Å². The standard InChI is InChI=1S/C15H14F2N4O/c1-8-9(2)20-21-15(10(8)6-18)19-7-13(22)14-11(16)4-3-5-12(14)17/h3-5,13,22H,7H2,1-2H3,(H,19,21). The Morgan fingerprint density at radius 2 is 1.91 bits per heavy atom. The van der Waals surface area contributed by atoms with Crippen molar-refractivity contribution in [2.24, 2.45) is 0 Å². The van der Waals surface area contributed by atoms with E-state index in [-0.39, 0.29) is 17.9 Å². The monoisotopic (exact) mass is 304 g/mol. The van der Waals surface area contributed by atoms with Crippen LogP contribution in [0.15, 0.2) is 18.2 Å². The van der Waals surface area contributed by atoms with E-state index >= 15 is 0 Å². The van der Waals surface area contributed by atoms with Crippen LogP contribution in [-0.2, 0) is 0 Å². The van der Waals surface area contributed by atoms with Gasteiger partial charge >= 0.3 is 0 Å². The Kier molecular flexibility index (Phi) is 4.63. The highest BCUT2D eigenvalue weighted by atomic mass is 19.1. The van der Waals surface area contributed by atoms with Crippen LogP contribution in [0.4, 0.5) is 14.6 Å². The molecule has 0 saturated carbocycles. The van der Waals surface area contributed by atoms with Crippen LogP contribution in [0.5, 0.6) is 0 Å². The zero-order valence-electron chi connectivity index (χ0n) is 12.1. The molecule has 2 aromatic rings. The second kappa shape index (κ2) is 6.45. The highest BCUT2D eigenvalue weighted by Crippen LogP contribution is 2.22. The number of aliphatic hydroxyl groups excluding tert-OH is 1. The number of nitrogens with one attached hydrogen (secondary N) is 1. The lowest BCUT2D eigenvalue weighted by atomic mass is 10.1. The number of aromatic nitrogens is 2. The summed E-state index contributed by atoms with van der Waals surface area (Å²) < 4.78 is 27.2. The van der Waals surface area contributed by atoms with Gasteiger partial charge in [0, 0.05) is 6.54 Å². The topological polar surface area (TPSA) is 81.8 Å². The number of aryl methyl sites for hydroxylation is 1. The van der Waals surface area contributed by atoms with E-state index in [4.69, 9.17) is 5.26 Å². The Morgan fingerprint density at radius 3 is 2.50 bits per heavy atom. The van der Waals surface area contributed by atoms with Crippen molar-refractivity contribution in [1.82, 2.24) is 10.2 Å². The van der Waals surface area contributed by atoms with E-state index in [0.29, 0.717) is 11.3 Å². The predicted molar refractivity (Wildman–Crippen MR) is 76.0 cm³/mol. The third-order valence-electron chi connectivity index (χ3n) is 3.36. The van der Waals surface area contributed by atoms with Crippen LogP contribution in [0.3, 0.4) is 0 Å². The molecule has 0 spiro atoms. The van der Waals surface area contributed by atoms with E-state index in [9.17, 15) is 13.9 Å². The van der Waals surface area contributed by atoms with E-state index < -0.39 is 23.3 Å². The van der Waals surface area contributed by atoms with Crippen LogP contribution < -0.4 is 5.32 Å². The summed E-state index contributed by atoms with van der Waals surface area (Å²) in [5.41, 5.74) is 1.13. The van der Waals surface area contributed by atoms with Gasteiger partial charge in [-0.1, -0.05) is 6.07 Å². The number of anilines is 1. The highest BCUT2D eigenvalue weighted by molar-refractivity contribution is 5.55. The summed E-state index contributed by atoms with van der Waals surface area (Å²) in [7, 11) is 0. The second-order valence-corrected chi connectivity index (χ2v) is 4.78. The molecular formula is C15H14F2N4O. The quantitative estimate of drug-likeness (QED) is 0.906. The summed E-state index contributed by atoms with van der Waals surface area (Å²) in [6.07, 6.45) is -1.42. The van der Waals surface area contributed by atoms with Gasteiger partial charge in [-0.3, -0.25) is 0 Å². The second-order valence-electron chi connectivity index (χ2n) is 4.78. The third kappa shape index (κ3) is 3.02. The molecule has 5 nitrogen and oxygen atoms in total. The minimum Gasteiger partial charge on any atom is -0.386 e. The fraction of sp³-hybridized carbons (Fsp3) is 0.267. The van der Waals surface area contributed by atoms with Crippen molar-refractivity contribution in [3.8, 4) is 6.07 Å². The molecule has 0 fully saturated rings. The largest absolute Gasteiger partial charge is 0.386 e. The molecule has 22 heavy (non-hydrogen) atoms. The maximum absolute atomic E-state index is 13.6. The van der Waals surface area contributed by atoms with Crippen molar-refractivity contribution in [3.05, 3.63) is 52.2 Å². The molecule has 114 valence electrons. The fourth-order valence-corrected chi connectivity index (χ4v) is 1.99. The Bertz CT molecular complexity index is 723. The molecule has 0 saturated heterocycles. The summed E-state index contributed by atoms with van der Waals surface area (Å²) >= 11 is 0. The van der Waals surface area contributed by atoms with Crippen molar-refractivity contribution < 1.29 is 13.9 Å². The maximum Gasteiger partial charge on any atom is 0.167 e. The molecule has 1 atom stereocenters. The van der Waals surface area contributed by atoms with Gasteiger partial charge in [0.25, 0.3) is 0 Å². The van der Waals surface area contributed by atoms with Gasteiger partial charge in [-0.25, -0.2) is 8.78 Å². The first-order valence-corrected chi connectivity index (χ1v) is 6.55. The van der Waals surface area contributed by atoms with Crippen molar-refractivity contribution in [2.45, 2.75) is 20.0 Å². The number of halogens is 2. The Labute approximate surface area is 126 Å². The Balaban J connectivity index is 2.21. The molecule has 0 amide bonds. The smallest absolute Gasteiger partial charge is 0.167 e. The van der Waals surface area contributed by atoms with Gasteiger partial charge in [0.05, 0.1) is 11.3 Å². The lowest BCUT2D eigenvalue weighted by Gasteiger charge is -2.15. The van der Waals surface area contributed by atoms with Crippen LogP contribution in [0.1, 0.15) is 28.5 Å². The number of rotatable bonds is 4. The minimum atomic E-state index is -1.42. The maximum atomic E-state index is 13.6. The summed E-state index contributed by atoms with van der Waals surface area (Å²) in [6.45, 7) is 3.24. The van der Waals surface area contributed by atoms with Gasteiger partial charge in [-0.2, -0.15) is 10.4 Å². The molecular weight excluding hydrogens is 290 g/mol. The summed E-state index contributed by atoms with van der Waals surface area (Å²) in [5.74, 6) is -1.50. The van der Waals surface area contributed by atoms with Crippen molar-refractivity contribution in [3.63, 3.8) is 0 Å². The molecule has 2 N–H and O–H groups in total. The SMILES string of the molecule is Cc1nnc(NCC(O)c2c(F)cccc2F)c(C#N)c1C. The first-order chi connectivity index (χ1) is 10.5. The molecule has 1 aromatic heterocycles. The van der Waals surface area contributed by atoms with Gasteiger partial charge in [0.15, 0.2) is 5.82 Å². The predicted octanol–water partition coefficient (Wildman–Crippen LogP) is 2.39. The van der Waals surface area contributed by atoms with Crippen molar-refractivity contribution in [2.75, 3.05) is 11.9 Å². The van der Waals surface area contributed by atoms with E-state index in [1.165, 1.54) is 6.07 Å². The van der Waals surface area contributed by atoms with E-state index in [1.807, 2.05) is 6.07 Å². The molecule has 1 aromatic carbocycles. The number of aliphatic hydroxyl groups is 1. The van der Waals surface area contributed by atoms with Crippen LogP contribution in [0.25, 0.3) is 0 Å². The van der Waals surface area contributed by atoms with Gasteiger partial charge in [-0.15, -0.1) is 5.10 Å². The molecule has 0 aliphatic rings. The van der Waals surface area contributed by atoms with Gasteiger partial charge < -0.3 is 10.4 Å². The normalized spacial score (nSPS) is 11.8. The van der Waals surface area contributed by atoms with Crippen LogP contribution in [-0.4, -0.2) is 21.8 Å². The van der Waals surface area contributed by atoms with E-state index in [2.05, 4.69) is 15.5 Å². The molecule has 2 rings (SSSR count). The van der Waals surface area contributed by atoms with Crippen molar-refractivity contribution in [1.29, 1.82) is 5.26 Å². The molecule has 1 heterocycles. The summed E-state index contributed by atoms with van der Waals surface area (Å²) in [5, 5.41) is 29.5. The van der Waals surface area contributed by atoms with Crippen LogP contribution in [0, 0.1) is 36.8 Å². The summed E-state index contributed by atoms with van der Waals surface area (Å²) in [4.78, 5) is 0. The van der Waals surface area contributed by atoms with E-state index in [0.717, 1.165) is 12.1 Å². The average molecular weight is 304 g/mol. The number of benzene rings is 1. The van der Waals surface area contributed by atoms with Crippen LogP contribution in [0.2, 0.25) is 0 Å². The average Bonchev–Trinajstić information content (AvgIpc) is 2.48. The number of nitriles is 1. The molecule has 0 aliphatic heterocycles. The third-order valence-corrected chi connectivity index (χ3v) is 3.36. The van der Waals surface area contributed by atoms with Gasteiger partial charge in [0.1, 0.15) is 29.4 Å². The Morgan fingerprint density at radius 1 is 1.27 bits per heavy atom. The number of nitrogens with zero attached hydrogens (tertiary/aromatic N) is 3. The number of hydrogen-bond donors (Lipinski definition) is 2. The lowest BCUT2D eigenvalue weighted by molar-refractivity contribution is 0.181. The Hall–Kier alpha value is -2.59. The fourth-order valence-electron chi connectivity index (χ4n) is 1.99.